The number of hydrogen-bond donors (Lipinski definition) is 2. The summed E-state index contributed by atoms with van der Waals surface area (Å²) in [5.74, 6) is 0.647. The number of nitrogens with one attached hydrogen (secondary N) is 2. The number of methoxy groups -OCH3 is 1. The van der Waals surface area contributed by atoms with Gasteiger partial charge in [-0.3, -0.25) is 0 Å². The lowest BCUT2D eigenvalue weighted by molar-refractivity contribution is 0.256. The number of hydrogen-bond acceptors (Lipinski definition) is 4. The highest BCUT2D eigenvalue weighted by atomic mass is 32.2. The van der Waals surface area contributed by atoms with Gasteiger partial charge in [0.15, 0.2) is 0 Å². The SMILES string of the molecule is COc1ccc(NC(=O)NS(C)(=O)=O)cc1. The van der Waals surface area contributed by atoms with Crippen LogP contribution in [0, 0.1) is 0 Å². The number of carbonyl (C=O) groups is 1. The smallest absolute Gasteiger partial charge is 0.332 e. The van der Waals surface area contributed by atoms with Crippen molar-refractivity contribution < 1.29 is 17.9 Å². The highest BCUT2D eigenvalue weighted by Gasteiger charge is 2.07. The quantitative estimate of drug-likeness (QED) is 0.822. The molecule has 0 radical (unpaired) electrons. The third-order valence-corrected chi connectivity index (χ3v) is 2.18. The fourth-order valence-electron chi connectivity index (χ4n) is 0.999. The largest absolute Gasteiger partial charge is 0.497 e. The fraction of sp³-hybridized carbons (Fsp3) is 0.222. The number of anilines is 1. The Morgan fingerprint density at radius 2 is 1.81 bits per heavy atom. The molecule has 0 unspecified atom stereocenters. The van der Waals surface area contributed by atoms with E-state index in [1.807, 2.05) is 0 Å². The summed E-state index contributed by atoms with van der Waals surface area (Å²) in [5.41, 5.74) is 0.474. The molecule has 16 heavy (non-hydrogen) atoms. The Morgan fingerprint density at radius 1 is 1.25 bits per heavy atom. The first-order valence-corrected chi connectivity index (χ1v) is 6.22. The highest BCUT2D eigenvalue weighted by molar-refractivity contribution is 7.89. The van der Waals surface area contributed by atoms with Crippen molar-refractivity contribution in [2.24, 2.45) is 0 Å². The van der Waals surface area contributed by atoms with Crippen molar-refractivity contribution in [1.29, 1.82) is 0 Å². The Bertz CT molecular complexity index is 467. The Kier molecular flexibility index (Phi) is 3.73. The minimum atomic E-state index is -3.54. The van der Waals surface area contributed by atoms with Crippen LogP contribution in [-0.4, -0.2) is 27.8 Å². The number of sulfonamides is 1. The lowest BCUT2D eigenvalue weighted by Crippen LogP contribution is -2.33. The van der Waals surface area contributed by atoms with Gasteiger partial charge < -0.3 is 10.1 Å². The summed E-state index contributed by atoms with van der Waals surface area (Å²) in [6.07, 6.45) is 0.903. The first-order valence-electron chi connectivity index (χ1n) is 4.33. The lowest BCUT2D eigenvalue weighted by Gasteiger charge is -2.06. The molecule has 0 saturated heterocycles. The normalized spacial score (nSPS) is 10.6. The third kappa shape index (κ3) is 4.18. The molecule has 1 aromatic carbocycles. The van der Waals surface area contributed by atoms with Crippen LogP contribution in [0.1, 0.15) is 0 Å². The second kappa shape index (κ2) is 4.84. The molecule has 0 aliphatic rings. The van der Waals surface area contributed by atoms with Crippen LogP contribution < -0.4 is 14.8 Å². The molecule has 0 heterocycles. The van der Waals surface area contributed by atoms with E-state index in [0.717, 1.165) is 6.26 Å². The molecule has 0 aromatic heterocycles. The van der Waals surface area contributed by atoms with Crippen LogP contribution in [-0.2, 0) is 10.0 Å². The van der Waals surface area contributed by atoms with E-state index >= 15 is 0 Å². The molecule has 0 saturated carbocycles. The summed E-state index contributed by atoms with van der Waals surface area (Å²) in [5, 5.41) is 2.36. The molecule has 6 nitrogen and oxygen atoms in total. The maximum Gasteiger partial charge on any atom is 0.332 e. The zero-order valence-electron chi connectivity index (χ0n) is 8.85. The maximum absolute atomic E-state index is 11.1. The predicted octanol–water partition coefficient (Wildman–Crippen LogP) is 0.776. The van der Waals surface area contributed by atoms with Crippen molar-refractivity contribution in [1.82, 2.24) is 4.72 Å². The second-order valence-corrected chi connectivity index (χ2v) is 4.81. The first kappa shape index (κ1) is 12.3. The molecule has 2 N–H and O–H groups in total. The van der Waals surface area contributed by atoms with E-state index in [4.69, 9.17) is 4.74 Å². The molecule has 0 atom stereocenters. The summed E-state index contributed by atoms with van der Waals surface area (Å²) >= 11 is 0. The van der Waals surface area contributed by atoms with Crippen LogP contribution in [0.3, 0.4) is 0 Å². The monoisotopic (exact) mass is 244 g/mol. The molecular formula is C9H12N2O4S. The van der Waals surface area contributed by atoms with Crippen molar-refractivity contribution in [3.63, 3.8) is 0 Å². The molecular weight excluding hydrogens is 232 g/mol. The summed E-state index contributed by atoms with van der Waals surface area (Å²) < 4.78 is 28.2. The zero-order valence-corrected chi connectivity index (χ0v) is 9.67. The topological polar surface area (TPSA) is 84.5 Å². The van der Waals surface area contributed by atoms with E-state index < -0.39 is 16.1 Å². The van der Waals surface area contributed by atoms with E-state index in [1.54, 1.807) is 29.0 Å². The van der Waals surface area contributed by atoms with Crippen molar-refractivity contribution in [2.45, 2.75) is 0 Å². The molecule has 0 aliphatic heterocycles. The first-order chi connectivity index (χ1) is 7.40. The van der Waals surface area contributed by atoms with Gasteiger partial charge in [-0.1, -0.05) is 0 Å². The minimum absolute atomic E-state index is 0.474. The van der Waals surface area contributed by atoms with Crippen molar-refractivity contribution in [3.05, 3.63) is 24.3 Å². The summed E-state index contributed by atoms with van der Waals surface area (Å²) in [7, 11) is -2.02. The summed E-state index contributed by atoms with van der Waals surface area (Å²) in [4.78, 5) is 11.1. The number of urea groups is 1. The van der Waals surface area contributed by atoms with Gasteiger partial charge in [-0.05, 0) is 24.3 Å². The number of carbonyl (C=O) groups excluding carboxylic acids is 1. The van der Waals surface area contributed by atoms with Crippen LogP contribution in [0.15, 0.2) is 24.3 Å². The number of amides is 2. The summed E-state index contributed by atoms with van der Waals surface area (Å²) in [6, 6.07) is 5.70. The number of rotatable bonds is 3. The zero-order chi connectivity index (χ0) is 12.2. The van der Waals surface area contributed by atoms with Crippen molar-refractivity contribution in [3.8, 4) is 5.75 Å². The molecule has 1 rings (SSSR count). The van der Waals surface area contributed by atoms with E-state index in [-0.39, 0.29) is 0 Å². The third-order valence-electron chi connectivity index (χ3n) is 1.63. The van der Waals surface area contributed by atoms with E-state index in [1.165, 1.54) is 7.11 Å². The number of ether oxygens (including phenoxy) is 1. The Labute approximate surface area is 93.7 Å². The van der Waals surface area contributed by atoms with Gasteiger partial charge >= 0.3 is 6.03 Å². The molecule has 0 spiro atoms. The molecule has 88 valence electrons. The number of benzene rings is 1. The van der Waals surface area contributed by atoms with Gasteiger partial charge in [0, 0.05) is 5.69 Å². The standard InChI is InChI=1S/C9H12N2O4S/c1-15-8-5-3-7(4-6-8)10-9(12)11-16(2,13)14/h3-6H,1-2H3,(H2,10,11,12). The van der Waals surface area contributed by atoms with Gasteiger partial charge in [0.05, 0.1) is 13.4 Å². The van der Waals surface area contributed by atoms with Crippen molar-refractivity contribution in [2.75, 3.05) is 18.7 Å². The van der Waals surface area contributed by atoms with Crippen LogP contribution in [0.4, 0.5) is 10.5 Å². The van der Waals surface area contributed by atoms with Gasteiger partial charge in [0.2, 0.25) is 10.0 Å². The second-order valence-electron chi connectivity index (χ2n) is 3.06. The molecule has 1 aromatic rings. The Hall–Kier alpha value is -1.76. The Morgan fingerprint density at radius 3 is 2.25 bits per heavy atom. The minimum Gasteiger partial charge on any atom is -0.497 e. The van der Waals surface area contributed by atoms with Crippen LogP contribution in [0.25, 0.3) is 0 Å². The lowest BCUT2D eigenvalue weighted by atomic mass is 10.3. The highest BCUT2D eigenvalue weighted by Crippen LogP contribution is 2.14. The average molecular weight is 244 g/mol. The van der Waals surface area contributed by atoms with E-state index in [9.17, 15) is 13.2 Å². The average Bonchev–Trinajstić information content (AvgIpc) is 2.16. The molecule has 2 amide bonds. The predicted molar refractivity (Wildman–Crippen MR) is 60.0 cm³/mol. The van der Waals surface area contributed by atoms with Gasteiger partial charge in [-0.25, -0.2) is 17.9 Å². The molecule has 0 bridgehead atoms. The fourth-order valence-corrected chi connectivity index (χ4v) is 1.39. The van der Waals surface area contributed by atoms with Gasteiger partial charge in [0.1, 0.15) is 5.75 Å². The van der Waals surface area contributed by atoms with Crippen LogP contribution in [0.5, 0.6) is 5.75 Å². The molecule has 7 heteroatoms. The summed E-state index contributed by atoms with van der Waals surface area (Å²) in [6.45, 7) is 0. The Balaban J connectivity index is 2.63. The van der Waals surface area contributed by atoms with E-state index in [0.29, 0.717) is 11.4 Å². The molecule has 0 aliphatic carbocycles. The maximum atomic E-state index is 11.1. The van der Waals surface area contributed by atoms with Crippen LogP contribution in [0.2, 0.25) is 0 Å². The van der Waals surface area contributed by atoms with Gasteiger partial charge in [-0.2, -0.15) is 0 Å². The van der Waals surface area contributed by atoms with Crippen molar-refractivity contribution >= 4 is 21.7 Å². The molecule has 0 fully saturated rings. The van der Waals surface area contributed by atoms with E-state index in [2.05, 4.69) is 5.32 Å². The van der Waals surface area contributed by atoms with Crippen LogP contribution >= 0.6 is 0 Å². The van der Waals surface area contributed by atoms with Gasteiger partial charge in [0.25, 0.3) is 0 Å². The van der Waals surface area contributed by atoms with Gasteiger partial charge in [-0.15, -0.1) is 0 Å².